The Kier molecular flexibility index (Phi) is 6.94. The molecular weight excluding hydrogens is 428 g/mol. The lowest BCUT2D eigenvalue weighted by molar-refractivity contribution is 0.0526. The summed E-state index contributed by atoms with van der Waals surface area (Å²) in [5.74, 6) is 0.477. The Balaban J connectivity index is 1.26. The van der Waals surface area contributed by atoms with Crippen LogP contribution in [0.5, 0.6) is 0 Å². The minimum absolute atomic E-state index is 0.0930. The fraction of sp³-hybridized carbons (Fsp3) is 0.435. The molecule has 0 aliphatic carbocycles. The summed E-state index contributed by atoms with van der Waals surface area (Å²) in [5, 5.41) is 9.98. The third-order valence-electron chi connectivity index (χ3n) is 5.95. The van der Waals surface area contributed by atoms with E-state index < -0.39 is 0 Å². The SMILES string of the molecule is CCOC(=O)c1ccc(NC(=O)NC2CC3CCC(C2)N3C(=S)NCc2ccco2)cc1. The maximum atomic E-state index is 12.5. The number of urea groups is 1. The predicted molar refractivity (Wildman–Crippen MR) is 124 cm³/mol. The van der Waals surface area contributed by atoms with Crippen LogP contribution in [0.2, 0.25) is 0 Å². The van der Waals surface area contributed by atoms with Gasteiger partial charge in [-0.2, -0.15) is 0 Å². The van der Waals surface area contributed by atoms with Crippen molar-refractivity contribution in [3.05, 3.63) is 54.0 Å². The molecule has 0 saturated carbocycles. The van der Waals surface area contributed by atoms with E-state index in [9.17, 15) is 9.59 Å². The molecule has 2 saturated heterocycles. The normalized spacial score (nSPS) is 21.7. The van der Waals surface area contributed by atoms with Gasteiger partial charge in [0.05, 0.1) is 25.0 Å². The van der Waals surface area contributed by atoms with Crippen LogP contribution in [0.15, 0.2) is 47.1 Å². The van der Waals surface area contributed by atoms with Gasteiger partial charge in [-0.15, -0.1) is 0 Å². The third kappa shape index (κ3) is 5.21. The Labute approximate surface area is 192 Å². The molecule has 3 heterocycles. The van der Waals surface area contributed by atoms with E-state index in [0.717, 1.165) is 36.6 Å². The number of fused-ring (bicyclic) bond motifs is 2. The van der Waals surface area contributed by atoms with Crippen LogP contribution in [0.25, 0.3) is 0 Å². The molecule has 2 bridgehead atoms. The fourth-order valence-corrected chi connectivity index (χ4v) is 4.92. The minimum Gasteiger partial charge on any atom is -0.467 e. The standard InChI is InChI=1S/C23H28N4O4S/c1-2-30-21(28)15-5-7-16(8-6-15)25-22(29)26-17-12-18-9-10-19(13-17)27(18)23(32)24-14-20-4-3-11-31-20/h3-8,11,17-19H,2,9-10,12-14H2,1H3,(H,24,32)(H2,25,26,29). The molecule has 2 aliphatic rings. The second-order valence-electron chi connectivity index (χ2n) is 8.09. The molecular formula is C23H28N4O4S. The van der Waals surface area contributed by atoms with Gasteiger partial charge in [0.1, 0.15) is 5.76 Å². The molecule has 2 unspecified atom stereocenters. The average molecular weight is 457 g/mol. The fourth-order valence-electron chi connectivity index (χ4n) is 4.55. The predicted octanol–water partition coefficient (Wildman–Crippen LogP) is 3.65. The molecule has 0 spiro atoms. The Morgan fingerprint density at radius 3 is 2.50 bits per heavy atom. The van der Waals surface area contributed by atoms with Gasteiger partial charge in [0.2, 0.25) is 0 Å². The van der Waals surface area contributed by atoms with Crippen LogP contribution in [0, 0.1) is 0 Å². The second kappa shape index (κ2) is 10.0. The van der Waals surface area contributed by atoms with Crippen LogP contribution >= 0.6 is 12.2 Å². The monoisotopic (exact) mass is 456 g/mol. The largest absolute Gasteiger partial charge is 0.467 e. The first-order chi connectivity index (χ1) is 15.5. The van der Waals surface area contributed by atoms with Crippen molar-refractivity contribution < 1.29 is 18.7 Å². The van der Waals surface area contributed by atoms with Gasteiger partial charge in [-0.25, -0.2) is 9.59 Å². The summed E-state index contributed by atoms with van der Waals surface area (Å²) in [5.41, 5.74) is 1.08. The molecule has 0 radical (unpaired) electrons. The van der Waals surface area contributed by atoms with Crippen molar-refractivity contribution in [2.45, 2.75) is 57.3 Å². The van der Waals surface area contributed by atoms with Crippen LogP contribution in [0.4, 0.5) is 10.5 Å². The summed E-state index contributed by atoms with van der Waals surface area (Å²) >= 11 is 5.64. The molecule has 2 aliphatic heterocycles. The number of ether oxygens (including phenoxy) is 1. The molecule has 9 heteroatoms. The molecule has 32 heavy (non-hydrogen) atoms. The minimum atomic E-state index is -0.373. The number of hydrogen-bond donors (Lipinski definition) is 3. The highest BCUT2D eigenvalue weighted by atomic mass is 32.1. The summed E-state index contributed by atoms with van der Waals surface area (Å²) < 4.78 is 10.3. The number of rotatable bonds is 6. The highest BCUT2D eigenvalue weighted by molar-refractivity contribution is 7.80. The number of nitrogens with one attached hydrogen (secondary N) is 3. The lowest BCUT2D eigenvalue weighted by Gasteiger charge is -2.40. The average Bonchev–Trinajstić information content (AvgIpc) is 3.39. The van der Waals surface area contributed by atoms with E-state index in [1.807, 2.05) is 12.1 Å². The van der Waals surface area contributed by atoms with Gasteiger partial charge in [-0.3, -0.25) is 0 Å². The van der Waals surface area contributed by atoms with Gasteiger partial charge in [-0.05, 0) is 81.2 Å². The van der Waals surface area contributed by atoms with E-state index in [1.165, 1.54) is 0 Å². The Morgan fingerprint density at radius 1 is 1.16 bits per heavy atom. The van der Waals surface area contributed by atoms with Gasteiger partial charge in [0.15, 0.2) is 5.11 Å². The summed E-state index contributed by atoms with van der Waals surface area (Å²) in [6.45, 7) is 2.66. The maximum absolute atomic E-state index is 12.5. The molecule has 2 fully saturated rings. The van der Waals surface area contributed by atoms with Gasteiger partial charge >= 0.3 is 12.0 Å². The second-order valence-corrected chi connectivity index (χ2v) is 8.48. The van der Waals surface area contributed by atoms with Crippen LogP contribution in [-0.4, -0.2) is 46.7 Å². The lowest BCUT2D eigenvalue weighted by atomic mass is 9.98. The molecule has 170 valence electrons. The number of esters is 1. The number of piperidine rings is 1. The summed E-state index contributed by atoms with van der Waals surface area (Å²) in [4.78, 5) is 26.5. The molecule has 2 aromatic rings. The molecule has 1 aromatic carbocycles. The highest BCUT2D eigenvalue weighted by Gasteiger charge is 2.42. The van der Waals surface area contributed by atoms with E-state index in [1.54, 1.807) is 37.5 Å². The number of amides is 2. The van der Waals surface area contributed by atoms with Crippen molar-refractivity contribution in [3.63, 3.8) is 0 Å². The first-order valence-electron chi connectivity index (χ1n) is 11.0. The zero-order chi connectivity index (χ0) is 22.5. The smallest absolute Gasteiger partial charge is 0.338 e. The van der Waals surface area contributed by atoms with Crippen molar-refractivity contribution >= 4 is 35.0 Å². The topological polar surface area (TPSA) is 95.8 Å². The molecule has 4 rings (SSSR count). The quantitative estimate of drug-likeness (QED) is 0.451. The number of carbonyl (C=O) groups is 2. The Morgan fingerprint density at radius 2 is 1.88 bits per heavy atom. The maximum Gasteiger partial charge on any atom is 0.338 e. The van der Waals surface area contributed by atoms with E-state index >= 15 is 0 Å². The van der Waals surface area contributed by atoms with Gasteiger partial charge < -0.3 is 30.0 Å². The lowest BCUT2D eigenvalue weighted by Crippen LogP contribution is -2.55. The van der Waals surface area contributed by atoms with Crippen molar-refractivity contribution in [3.8, 4) is 0 Å². The van der Waals surface area contributed by atoms with Crippen LogP contribution in [0.1, 0.15) is 48.7 Å². The van der Waals surface area contributed by atoms with E-state index in [2.05, 4.69) is 20.9 Å². The van der Waals surface area contributed by atoms with Crippen molar-refractivity contribution in [2.24, 2.45) is 0 Å². The Hall–Kier alpha value is -3.07. The summed E-state index contributed by atoms with van der Waals surface area (Å²) in [6.07, 6.45) is 5.51. The Bertz CT molecular complexity index is 933. The van der Waals surface area contributed by atoms with E-state index in [4.69, 9.17) is 21.4 Å². The first-order valence-corrected chi connectivity index (χ1v) is 11.4. The third-order valence-corrected chi connectivity index (χ3v) is 6.31. The van der Waals surface area contributed by atoms with E-state index in [-0.39, 0.29) is 18.0 Å². The zero-order valence-corrected chi connectivity index (χ0v) is 18.8. The van der Waals surface area contributed by atoms with Crippen molar-refractivity contribution in [1.29, 1.82) is 0 Å². The molecule has 8 nitrogen and oxygen atoms in total. The molecule has 3 N–H and O–H groups in total. The van der Waals surface area contributed by atoms with Gasteiger partial charge in [0, 0.05) is 23.8 Å². The number of anilines is 1. The van der Waals surface area contributed by atoms with Gasteiger partial charge in [-0.1, -0.05) is 0 Å². The molecule has 2 amide bonds. The number of furan rings is 1. The summed E-state index contributed by atoms with van der Waals surface area (Å²) in [7, 11) is 0. The number of hydrogen-bond acceptors (Lipinski definition) is 5. The van der Waals surface area contributed by atoms with Crippen LogP contribution in [0.3, 0.4) is 0 Å². The highest BCUT2D eigenvalue weighted by Crippen LogP contribution is 2.36. The van der Waals surface area contributed by atoms with Gasteiger partial charge in [0.25, 0.3) is 0 Å². The zero-order valence-electron chi connectivity index (χ0n) is 18.0. The van der Waals surface area contributed by atoms with E-state index in [0.29, 0.717) is 36.5 Å². The number of carbonyl (C=O) groups excluding carboxylic acids is 2. The summed E-state index contributed by atoms with van der Waals surface area (Å²) in [6, 6.07) is 10.9. The van der Waals surface area contributed by atoms with Crippen LogP contribution < -0.4 is 16.0 Å². The number of nitrogens with zero attached hydrogens (tertiary/aromatic N) is 1. The van der Waals surface area contributed by atoms with Crippen LogP contribution in [-0.2, 0) is 11.3 Å². The number of thiocarbonyl (C=S) groups is 1. The molecule has 2 atom stereocenters. The van der Waals surface area contributed by atoms with Crippen molar-refractivity contribution in [1.82, 2.24) is 15.5 Å². The first kappa shape index (κ1) is 22.1. The number of benzene rings is 1. The van der Waals surface area contributed by atoms with Crippen molar-refractivity contribution in [2.75, 3.05) is 11.9 Å². The molecule has 1 aromatic heterocycles.